The van der Waals surface area contributed by atoms with Crippen LogP contribution in [0.4, 0.5) is 0 Å². The van der Waals surface area contributed by atoms with Gasteiger partial charge in [-0.1, -0.05) is 23.8 Å². The number of hydrogen-bond acceptors (Lipinski definition) is 2. The van der Waals surface area contributed by atoms with Gasteiger partial charge in [0.25, 0.3) is 5.91 Å². The fraction of sp³-hybridized carbons (Fsp3) is 0.429. The third-order valence-electron chi connectivity index (χ3n) is 3.14. The molecule has 0 bridgehead atoms. The monoisotopic (exact) mass is 296 g/mol. The van der Waals surface area contributed by atoms with Gasteiger partial charge in [-0.3, -0.25) is 4.79 Å². The zero-order chi connectivity index (χ0) is 14.0. The van der Waals surface area contributed by atoms with Crippen LogP contribution in [0.25, 0.3) is 0 Å². The average molecular weight is 297 g/mol. The number of amides is 1. The minimum atomic E-state index is 0.0179. The highest BCUT2D eigenvalue weighted by Crippen LogP contribution is 2.29. The summed E-state index contributed by atoms with van der Waals surface area (Å²) in [6, 6.07) is 5.76. The molecule has 1 aromatic rings. The zero-order valence-electron chi connectivity index (χ0n) is 10.9. The molecule has 0 saturated heterocycles. The van der Waals surface area contributed by atoms with Crippen molar-refractivity contribution in [2.45, 2.75) is 32.2 Å². The largest absolute Gasteiger partial charge is 0.393 e. The molecule has 2 N–H and O–H groups in total. The summed E-state index contributed by atoms with van der Waals surface area (Å²) in [6.07, 6.45) is 2.68. The summed E-state index contributed by atoms with van der Waals surface area (Å²) >= 11 is 10.9. The van der Waals surface area contributed by atoms with Crippen molar-refractivity contribution in [2.24, 2.45) is 5.73 Å². The molecule has 0 aromatic heterocycles. The molecule has 0 aliphatic heterocycles. The first-order valence-corrected chi connectivity index (χ1v) is 7.12. The van der Waals surface area contributed by atoms with Crippen LogP contribution in [0, 0.1) is 6.92 Å². The standard InChI is InChI=1S/C14H17ClN2OS/c1-9-6-10(8-11(15)7-9)14(18)17(12-2-3-12)5-4-13(16)19/h6-8,12H,2-5H2,1H3,(H2,16,19). The lowest BCUT2D eigenvalue weighted by atomic mass is 10.1. The number of aryl methyl sites for hydroxylation is 1. The summed E-state index contributed by atoms with van der Waals surface area (Å²) in [4.78, 5) is 14.8. The Hall–Kier alpha value is -1.13. The number of hydrogen-bond donors (Lipinski definition) is 1. The maximum atomic E-state index is 12.5. The van der Waals surface area contributed by atoms with E-state index in [0.717, 1.165) is 18.4 Å². The Bertz CT molecular complexity index is 494. The summed E-state index contributed by atoms with van der Waals surface area (Å²) in [6.45, 7) is 2.52. The highest BCUT2D eigenvalue weighted by Gasteiger charge is 2.32. The molecule has 0 unspecified atom stereocenters. The van der Waals surface area contributed by atoms with Crippen molar-refractivity contribution in [3.8, 4) is 0 Å². The summed E-state index contributed by atoms with van der Waals surface area (Å²) in [7, 11) is 0. The molecule has 102 valence electrons. The molecule has 0 heterocycles. The number of rotatable bonds is 5. The summed E-state index contributed by atoms with van der Waals surface area (Å²) < 4.78 is 0. The van der Waals surface area contributed by atoms with Crippen LogP contribution in [-0.4, -0.2) is 28.4 Å². The average Bonchev–Trinajstić information content (AvgIpc) is 3.11. The maximum Gasteiger partial charge on any atom is 0.254 e. The van der Waals surface area contributed by atoms with E-state index in [4.69, 9.17) is 29.6 Å². The van der Waals surface area contributed by atoms with Crippen LogP contribution >= 0.6 is 23.8 Å². The first kappa shape index (κ1) is 14.3. The third kappa shape index (κ3) is 3.91. The van der Waals surface area contributed by atoms with E-state index in [0.29, 0.717) is 34.6 Å². The van der Waals surface area contributed by atoms with Gasteiger partial charge in [0.1, 0.15) is 0 Å². The second-order valence-corrected chi connectivity index (χ2v) is 5.92. The van der Waals surface area contributed by atoms with Crippen molar-refractivity contribution in [2.75, 3.05) is 6.54 Å². The first-order valence-electron chi connectivity index (χ1n) is 6.34. The van der Waals surface area contributed by atoms with E-state index in [1.807, 2.05) is 24.0 Å². The molecule has 1 amide bonds. The fourth-order valence-electron chi connectivity index (χ4n) is 2.09. The van der Waals surface area contributed by atoms with Crippen molar-refractivity contribution >= 4 is 34.7 Å². The maximum absolute atomic E-state index is 12.5. The lowest BCUT2D eigenvalue weighted by molar-refractivity contribution is 0.0748. The van der Waals surface area contributed by atoms with E-state index < -0.39 is 0 Å². The number of nitrogens with two attached hydrogens (primary N) is 1. The molecule has 3 nitrogen and oxygen atoms in total. The van der Waals surface area contributed by atoms with Crippen LogP contribution in [0.2, 0.25) is 5.02 Å². The van der Waals surface area contributed by atoms with E-state index in [2.05, 4.69) is 0 Å². The Morgan fingerprint density at radius 2 is 2.16 bits per heavy atom. The van der Waals surface area contributed by atoms with Crippen LogP contribution < -0.4 is 5.73 Å². The Balaban J connectivity index is 2.16. The summed E-state index contributed by atoms with van der Waals surface area (Å²) in [5.41, 5.74) is 7.15. The normalized spacial score (nSPS) is 14.2. The van der Waals surface area contributed by atoms with Crippen molar-refractivity contribution < 1.29 is 4.79 Å². The number of carbonyl (C=O) groups is 1. The van der Waals surface area contributed by atoms with Gasteiger partial charge in [0.05, 0.1) is 4.99 Å². The van der Waals surface area contributed by atoms with Gasteiger partial charge < -0.3 is 10.6 Å². The molecule has 19 heavy (non-hydrogen) atoms. The molecule has 2 rings (SSSR count). The fourth-order valence-corrected chi connectivity index (χ4v) is 2.47. The van der Waals surface area contributed by atoms with Gasteiger partial charge >= 0.3 is 0 Å². The highest BCUT2D eigenvalue weighted by molar-refractivity contribution is 7.80. The Labute approximate surface area is 123 Å². The quantitative estimate of drug-likeness (QED) is 0.850. The molecular formula is C14H17ClN2OS. The molecule has 5 heteroatoms. The van der Waals surface area contributed by atoms with Gasteiger partial charge in [-0.25, -0.2) is 0 Å². The van der Waals surface area contributed by atoms with Crippen LogP contribution in [0.15, 0.2) is 18.2 Å². The van der Waals surface area contributed by atoms with E-state index in [1.54, 1.807) is 6.07 Å². The lowest BCUT2D eigenvalue weighted by Gasteiger charge is -2.22. The van der Waals surface area contributed by atoms with E-state index >= 15 is 0 Å². The molecule has 1 saturated carbocycles. The van der Waals surface area contributed by atoms with Gasteiger partial charge in [0.15, 0.2) is 0 Å². The summed E-state index contributed by atoms with van der Waals surface area (Å²) in [5, 5.41) is 0.591. The first-order chi connectivity index (χ1) is 8.97. The smallest absolute Gasteiger partial charge is 0.254 e. The van der Waals surface area contributed by atoms with Crippen LogP contribution in [0.1, 0.15) is 35.2 Å². The van der Waals surface area contributed by atoms with Crippen molar-refractivity contribution in [1.82, 2.24) is 4.90 Å². The SMILES string of the molecule is Cc1cc(Cl)cc(C(=O)N(CCC(N)=S)C2CC2)c1. The molecule has 0 atom stereocenters. The van der Waals surface area contributed by atoms with Gasteiger partial charge in [-0.15, -0.1) is 0 Å². The van der Waals surface area contributed by atoms with Gasteiger partial charge in [-0.05, 0) is 43.5 Å². The van der Waals surface area contributed by atoms with Crippen molar-refractivity contribution in [3.05, 3.63) is 34.3 Å². The molecule has 1 aliphatic rings. The predicted molar refractivity (Wildman–Crippen MR) is 81.6 cm³/mol. The van der Waals surface area contributed by atoms with E-state index in [1.165, 1.54) is 0 Å². The number of benzene rings is 1. The molecule has 0 spiro atoms. The van der Waals surface area contributed by atoms with E-state index in [-0.39, 0.29) is 5.91 Å². The Morgan fingerprint density at radius 3 is 2.68 bits per heavy atom. The second kappa shape index (κ2) is 5.88. The molecule has 0 radical (unpaired) electrons. The van der Waals surface area contributed by atoms with Crippen LogP contribution in [0.3, 0.4) is 0 Å². The molecule has 1 aliphatic carbocycles. The number of carbonyl (C=O) groups excluding carboxylic acids is 1. The zero-order valence-corrected chi connectivity index (χ0v) is 12.4. The van der Waals surface area contributed by atoms with Crippen molar-refractivity contribution in [3.63, 3.8) is 0 Å². The van der Waals surface area contributed by atoms with Crippen LogP contribution in [-0.2, 0) is 0 Å². The Kier molecular flexibility index (Phi) is 4.42. The second-order valence-electron chi connectivity index (χ2n) is 4.96. The molecule has 1 aromatic carbocycles. The number of nitrogens with zero attached hydrogens (tertiary/aromatic N) is 1. The topological polar surface area (TPSA) is 46.3 Å². The third-order valence-corrected chi connectivity index (χ3v) is 3.56. The molecule has 1 fully saturated rings. The minimum absolute atomic E-state index is 0.0179. The van der Waals surface area contributed by atoms with Crippen LogP contribution in [0.5, 0.6) is 0 Å². The Morgan fingerprint density at radius 1 is 1.47 bits per heavy atom. The summed E-state index contributed by atoms with van der Waals surface area (Å²) in [5.74, 6) is 0.0179. The van der Waals surface area contributed by atoms with E-state index in [9.17, 15) is 4.79 Å². The van der Waals surface area contributed by atoms with Gasteiger partial charge in [0.2, 0.25) is 0 Å². The van der Waals surface area contributed by atoms with Gasteiger partial charge in [0, 0.05) is 29.6 Å². The highest BCUT2D eigenvalue weighted by atomic mass is 35.5. The lowest BCUT2D eigenvalue weighted by Crippen LogP contribution is -2.35. The van der Waals surface area contributed by atoms with Gasteiger partial charge in [-0.2, -0.15) is 0 Å². The number of halogens is 1. The van der Waals surface area contributed by atoms with Crippen molar-refractivity contribution in [1.29, 1.82) is 0 Å². The number of thiocarbonyl (C=S) groups is 1. The minimum Gasteiger partial charge on any atom is -0.393 e. The predicted octanol–water partition coefficient (Wildman–Crippen LogP) is 2.93. The molecular weight excluding hydrogens is 280 g/mol.